The molecule has 1 unspecified atom stereocenters. The first-order chi connectivity index (χ1) is 14.1. The van der Waals surface area contributed by atoms with Crippen LogP contribution in [0.3, 0.4) is 0 Å². The van der Waals surface area contributed by atoms with Gasteiger partial charge in [-0.1, -0.05) is 12.1 Å². The Morgan fingerprint density at radius 2 is 1.90 bits per heavy atom. The van der Waals surface area contributed by atoms with Gasteiger partial charge < -0.3 is 14.4 Å². The summed E-state index contributed by atoms with van der Waals surface area (Å²) in [5.41, 5.74) is 0.929. The molecule has 3 heterocycles. The molecule has 0 spiro atoms. The van der Waals surface area contributed by atoms with Crippen molar-refractivity contribution in [2.75, 3.05) is 32.7 Å². The normalized spacial score (nSPS) is 20.4. The fourth-order valence-electron chi connectivity index (χ4n) is 4.11. The van der Waals surface area contributed by atoms with Crippen LogP contribution >= 0.6 is 0 Å². The van der Waals surface area contributed by atoms with Gasteiger partial charge in [-0.3, -0.25) is 14.5 Å². The van der Waals surface area contributed by atoms with Crippen LogP contribution in [-0.2, 0) is 22.7 Å². The van der Waals surface area contributed by atoms with E-state index in [1.165, 1.54) is 12.1 Å². The van der Waals surface area contributed by atoms with Crippen molar-refractivity contribution >= 4 is 11.8 Å². The molecule has 4 rings (SSSR count). The highest BCUT2D eigenvalue weighted by atomic mass is 19.1. The number of halogens is 1. The molecule has 1 atom stereocenters. The number of rotatable bonds is 5. The third kappa shape index (κ3) is 4.64. The number of nitrogens with zero attached hydrogens (tertiary/aromatic N) is 5. The van der Waals surface area contributed by atoms with E-state index in [4.69, 9.17) is 0 Å². The van der Waals surface area contributed by atoms with Crippen molar-refractivity contribution in [2.45, 2.75) is 32.0 Å². The number of amides is 2. The van der Waals surface area contributed by atoms with E-state index in [1.807, 2.05) is 20.6 Å². The van der Waals surface area contributed by atoms with E-state index in [0.717, 1.165) is 18.7 Å². The average molecular weight is 399 g/mol. The summed E-state index contributed by atoms with van der Waals surface area (Å²) >= 11 is 0. The summed E-state index contributed by atoms with van der Waals surface area (Å²) in [4.78, 5) is 35.6. The van der Waals surface area contributed by atoms with Gasteiger partial charge in [-0.25, -0.2) is 9.37 Å². The highest BCUT2D eigenvalue weighted by molar-refractivity contribution is 5.83. The van der Waals surface area contributed by atoms with Crippen molar-refractivity contribution in [3.63, 3.8) is 0 Å². The number of benzene rings is 1. The lowest BCUT2D eigenvalue weighted by molar-refractivity contribution is -0.142. The van der Waals surface area contributed by atoms with Crippen molar-refractivity contribution in [3.05, 3.63) is 54.4 Å². The highest BCUT2D eigenvalue weighted by Crippen LogP contribution is 2.20. The molecule has 2 saturated heterocycles. The molecule has 1 aromatic heterocycles. The van der Waals surface area contributed by atoms with E-state index in [-0.39, 0.29) is 23.7 Å². The Balaban J connectivity index is 1.33. The van der Waals surface area contributed by atoms with Gasteiger partial charge in [-0.15, -0.1) is 0 Å². The molecule has 0 aliphatic carbocycles. The Morgan fingerprint density at radius 3 is 2.66 bits per heavy atom. The molecule has 2 fully saturated rings. The summed E-state index contributed by atoms with van der Waals surface area (Å²) in [6.07, 6.45) is 6.35. The van der Waals surface area contributed by atoms with Gasteiger partial charge in [0.05, 0.1) is 12.4 Å². The summed E-state index contributed by atoms with van der Waals surface area (Å²) in [5.74, 6) is -0.0473. The zero-order chi connectivity index (χ0) is 20.2. The van der Waals surface area contributed by atoms with Crippen LogP contribution in [0.25, 0.3) is 0 Å². The smallest absolute Gasteiger partial charge is 0.240 e. The lowest BCUT2D eigenvalue weighted by Gasteiger charge is -2.39. The van der Waals surface area contributed by atoms with Gasteiger partial charge >= 0.3 is 0 Å². The molecule has 0 saturated carbocycles. The molecular formula is C21H26FN5O2. The minimum atomic E-state index is -0.272. The molecule has 29 heavy (non-hydrogen) atoms. The Morgan fingerprint density at radius 1 is 1.10 bits per heavy atom. The molecule has 2 aliphatic heterocycles. The maximum Gasteiger partial charge on any atom is 0.240 e. The minimum Gasteiger partial charge on any atom is -0.341 e. The number of fused-ring (bicyclic) bond motifs is 1. The number of piperazine rings is 1. The van der Waals surface area contributed by atoms with Gasteiger partial charge in [0.15, 0.2) is 0 Å². The van der Waals surface area contributed by atoms with Crippen molar-refractivity contribution < 1.29 is 14.0 Å². The van der Waals surface area contributed by atoms with Crippen LogP contribution in [0.4, 0.5) is 4.39 Å². The third-order valence-electron chi connectivity index (χ3n) is 5.81. The summed E-state index contributed by atoms with van der Waals surface area (Å²) in [5, 5.41) is 0. The third-order valence-corrected chi connectivity index (χ3v) is 5.81. The lowest BCUT2D eigenvalue weighted by Crippen LogP contribution is -2.56. The molecule has 0 bridgehead atoms. The summed E-state index contributed by atoms with van der Waals surface area (Å²) in [7, 11) is 0. The van der Waals surface area contributed by atoms with E-state index in [2.05, 4.69) is 9.88 Å². The zero-order valence-electron chi connectivity index (χ0n) is 16.4. The van der Waals surface area contributed by atoms with E-state index in [0.29, 0.717) is 45.6 Å². The van der Waals surface area contributed by atoms with E-state index in [1.54, 1.807) is 24.7 Å². The monoisotopic (exact) mass is 399 g/mol. The second-order valence-electron chi connectivity index (χ2n) is 7.66. The number of aryl methyl sites for hydroxylation is 1. The van der Waals surface area contributed by atoms with Crippen molar-refractivity contribution in [1.29, 1.82) is 0 Å². The van der Waals surface area contributed by atoms with E-state index in [9.17, 15) is 14.0 Å². The zero-order valence-corrected chi connectivity index (χ0v) is 16.4. The summed E-state index contributed by atoms with van der Waals surface area (Å²) in [6.45, 7) is 4.54. The minimum absolute atomic E-state index is 0.105. The van der Waals surface area contributed by atoms with Gasteiger partial charge in [0.25, 0.3) is 0 Å². The molecule has 7 nitrogen and oxygen atoms in total. The first-order valence-corrected chi connectivity index (χ1v) is 10.1. The van der Waals surface area contributed by atoms with Crippen LogP contribution in [-0.4, -0.2) is 74.8 Å². The molecule has 2 amide bonds. The average Bonchev–Trinajstić information content (AvgIpc) is 3.15. The van der Waals surface area contributed by atoms with Crippen molar-refractivity contribution in [3.8, 4) is 0 Å². The molecular weight excluding hydrogens is 373 g/mol. The van der Waals surface area contributed by atoms with Crippen LogP contribution in [0.15, 0.2) is 43.0 Å². The molecule has 2 aliphatic rings. The highest BCUT2D eigenvalue weighted by Gasteiger charge is 2.37. The van der Waals surface area contributed by atoms with Crippen molar-refractivity contribution in [2.24, 2.45) is 0 Å². The van der Waals surface area contributed by atoms with Crippen LogP contribution in [0.2, 0.25) is 0 Å². The predicted octanol–water partition coefficient (Wildman–Crippen LogP) is 1.36. The summed E-state index contributed by atoms with van der Waals surface area (Å²) in [6, 6.07) is 6.12. The number of hydrogen-bond donors (Lipinski definition) is 0. The van der Waals surface area contributed by atoms with Gasteiger partial charge in [-0.2, -0.15) is 0 Å². The molecule has 2 aromatic rings. The fraction of sp³-hybridized carbons (Fsp3) is 0.476. The Bertz CT molecular complexity index is 839. The van der Waals surface area contributed by atoms with Crippen LogP contribution < -0.4 is 0 Å². The molecule has 0 N–H and O–H groups in total. The maximum atomic E-state index is 13.1. The van der Waals surface area contributed by atoms with Crippen LogP contribution in [0, 0.1) is 5.82 Å². The van der Waals surface area contributed by atoms with E-state index >= 15 is 0 Å². The Hall–Kier alpha value is -2.74. The number of aromatic nitrogens is 2. The van der Waals surface area contributed by atoms with Gasteiger partial charge in [-0.05, 0) is 24.1 Å². The fourth-order valence-corrected chi connectivity index (χ4v) is 4.11. The number of hydrogen-bond acceptors (Lipinski definition) is 4. The largest absolute Gasteiger partial charge is 0.341 e. The van der Waals surface area contributed by atoms with Gasteiger partial charge in [0.2, 0.25) is 11.8 Å². The van der Waals surface area contributed by atoms with E-state index < -0.39 is 0 Å². The maximum absolute atomic E-state index is 13.1. The number of imidazole rings is 1. The predicted molar refractivity (Wildman–Crippen MR) is 105 cm³/mol. The first-order valence-electron chi connectivity index (χ1n) is 10.1. The topological polar surface area (TPSA) is 61.7 Å². The second-order valence-corrected chi connectivity index (χ2v) is 7.66. The number of carbonyl (C=O) groups excluding carboxylic acids is 2. The van der Waals surface area contributed by atoms with Gasteiger partial charge in [0, 0.05) is 64.6 Å². The van der Waals surface area contributed by atoms with Crippen LogP contribution in [0.1, 0.15) is 18.4 Å². The van der Waals surface area contributed by atoms with Crippen molar-refractivity contribution in [1.82, 2.24) is 24.3 Å². The quantitative estimate of drug-likeness (QED) is 0.762. The standard InChI is InChI=1S/C21H26FN5O2/c22-18-3-1-17(2-4-18)15-27-14-12-25-11-13-26(9-5-19(25)21(27)29)20(28)6-8-24-10-7-23-16-24/h1-4,7,10,16,19H,5-6,8-9,11-15H2. The van der Waals surface area contributed by atoms with Crippen LogP contribution in [0.5, 0.6) is 0 Å². The molecule has 8 heteroatoms. The number of carbonyl (C=O) groups is 2. The Kier molecular flexibility index (Phi) is 5.89. The lowest BCUT2D eigenvalue weighted by atomic mass is 10.1. The molecule has 154 valence electrons. The first kappa shape index (κ1) is 19.6. The SMILES string of the molecule is O=C(CCn1ccnc1)N1CCC2C(=O)N(Cc3ccc(F)cc3)CCN2CC1. The summed E-state index contributed by atoms with van der Waals surface area (Å²) < 4.78 is 15.0. The van der Waals surface area contributed by atoms with Gasteiger partial charge in [0.1, 0.15) is 5.82 Å². The molecule has 1 aromatic carbocycles. The Labute approximate surface area is 169 Å². The second kappa shape index (κ2) is 8.73. The molecule has 0 radical (unpaired) electrons.